The minimum atomic E-state index is -0.587. The Morgan fingerprint density at radius 2 is 2.04 bits per heavy atom. The predicted octanol–water partition coefficient (Wildman–Crippen LogP) is 1.96. The summed E-state index contributed by atoms with van der Waals surface area (Å²) in [4.78, 5) is 33.6. The number of hydrogen-bond donors (Lipinski definition) is 1. The summed E-state index contributed by atoms with van der Waals surface area (Å²) in [7, 11) is 1.67. The SMILES string of the molecule is C[C@@H](c1ccncn1)N(C)C(=O)CCNC(=O)c1ccccc1F. The van der Waals surface area contributed by atoms with E-state index in [-0.39, 0.29) is 30.5 Å². The molecule has 6 nitrogen and oxygen atoms in total. The zero-order valence-corrected chi connectivity index (χ0v) is 13.6. The van der Waals surface area contributed by atoms with Crippen molar-refractivity contribution in [3.05, 3.63) is 59.9 Å². The van der Waals surface area contributed by atoms with Crippen LogP contribution < -0.4 is 5.32 Å². The summed E-state index contributed by atoms with van der Waals surface area (Å²) in [6.45, 7) is 1.99. The van der Waals surface area contributed by atoms with Crippen molar-refractivity contribution in [2.75, 3.05) is 13.6 Å². The second-order valence-electron chi connectivity index (χ2n) is 5.30. The van der Waals surface area contributed by atoms with Gasteiger partial charge in [0.1, 0.15) is 12.1 Å². The van der Waals surface area contributed by atoms with Gasteiger partial charge in [-0.1, -0.05) is 12.1 Å². The topological polar surface area (TPSA) is 75.2 Å². The minimum Gasteiger partial charge on any atom is -0.351 e. The van der Waals surface area contributed by atoms with Crippen LogP contribution in [0.1, 0.15) is 35.4 Å². The van der Waals surface area contributed by atoms with Gasteiger partial charge in [-0.2, -0.15) is 0 Å². The van der Waals surface area contributed by atoms with Gasteiger partial charge in [0.15, 0.2) is 0 Å². The van der Waals surface area contributed by atoms with Crippen molar-refractivity contribution < 1.29 is 14.0 Å². The molecular weight excluding hydrogens is 311 g/mol. The first-order valence-electron chi connectivity index (χ1n) is 7.55. The van der Waals surface area contributed by atoms with Crippen LogP contribution in [0.25, 0.3) is 0 Å². The van der Waals surface area contributed by atoms with Gasteiger partial charge in [0, 0.05) is 26.2 Å². The molecule has 0 fully saturated rings. The van der Waals surface area contributed by atoms with Crippen LogP contribution in [0.2, 0.25) is 0 Å². The Morgan fingerprint density at radius 3 is 2.71 bits per heavy atom. The van der Waals surface area contributed by atoms with Gasteiger partial charge in [0.25, 0.3) is 5.91 Å². The van der Waals surface area contributed by atoms with Crippen molar-refractivity contribution in [3.63, 3.8) is 0 Å². The minimum absolute atomic E-state index is 0.0346. The number of hydrogen-bond acceptors (Lipinski definition) is 4. The third-order valence-electron chi connectivity index (χ3n) is 3.75. The molecule has 1 N–H and O–H groups in total. The van der Waals surface area contributed by atoms with E-state index in [4.69, 9.17) is 0 Å². The summed E-state index contributed by atoms with van der Waals surface area (Å²) in [6, 6.07) is 7.25. The van der Waals surface area contributed by atoms with Crippen LogP contribution in [0, 0.1) is 5.82 Å². The molecule has 2 aromatic rings. The lowest BCUT2D eigenvalue weighted by Crippen LogP contribution is -2.34. The lowest BCUT2D eigenvalue weighted by molar-refractivity contribution is -0.131. The van der Waals surface area contributed by atoms with E-state index in [0.717, 1.165) is 5.69 Å². The van der Waals surface area contributed by atoms with Crippen LogP contribution in [0.15, 0.2) is 42.9 Å². The Hall–Kier alpha value is -2.83. The highest BCUT2D eigenvalue weighted by molar-refractivity contribution is 5.94. The van der Waals surface area contributed by atoms with Crippen molar-refractivity contribution in [3.8, 4) is 0 Å². The molecule has 1 aromatic carbocycles. The van der Waals surface area contributed by atoms with Crippen molar-refractivity contribution in [1.82, 2.24) is 20.2 Å². The van der Waals surface area contributed by atoms with Gasteiger partial charge in [0.05, 0.1) is 17.3 Å². The van der Waals surface area contributed by atoms with Gasteiger partial charge in [-0.3, -0.25) is 9.59 Å². The maximum atomic E-state index is 13.5. The van der Waals surface area contributed by atoms with Crippen LogP contribution in [0.3, 0.4) is 0 Å². The molecule has 24 heavy (non-hydrogen) atoms. The molecule has 0 unspecified atom stereocenters. The van der Waals surface area contributed by atoms with E-state index in [1.807, 2.05) is 6.92 Å². The molecule has 1 atom stereocenters. The van der Waals surface area contributed by atoms with E-state index >= 15 is 0 Å². The van der Waals surface area contributed by atoms with Gasteiger partial charge in [-0.05, 0) is 25.1 Å². The zero-order chi connectivity index (χ0) is 17.5. The first-order chi connectivity index (χ1) is 11.5. The van der Waals surface area contributed by atoms with Crippen molar-refractivity contribution in [1.29, 1.82) is 0 Å². The zero-order valence-electron chi connectivity index (χ0n) is 13.6. The standard InChI is InChI=1S/C17H19FN4O2/c1-12(15-7-9-19-11-21-15)22(2)16(23)8-10-20-17(24)13-5-3-4-6-14(13)18/h3-7,9,11-12H,8,10H2,1-2H3,(H,20,24)/t12-/m0/s1. The van der Waals surface area contributed by atoms with Gasteiger partial charge in [-0.15, -0.1) is 0 Å². The summed E-state index contributed by atoms with van der Waals surface area (Å²) in [5, 5.41) is 2.55. The fraction of sp³-hybridized carbons (Fsp3) is 0.294. The van der Waals surface area contributed by atoms with E-state index in [1.54, 1.807) is 30.3 Å². The number of rotatable bonds is 6. The maximum absolute atomic E-state index is 13.5. The average molecular weight is 330 g/mol. The Kier molecular flexibility index (Phi) is 5.95. The molecule has 0 bridgehead atoms. The van der Waals surface area contributed by atoms with Crippen molar-refractivity contribution in [2.45, 2.75) is 19.4 Å². The van der Waals surface area contributed by atoms with Crippen LogP contribution >= 0.6 is 0 Å². The molecule has 1 aromatic heterocycles. The van der Waals surface area contributed by atoms with Gasteiger partial charge in [-0.25, -0.2) is 14.4 Å². The van der Waals surface area contributed by atoms with E-state index in [2.05, 4.69) is 15.3 Å². The third kappa shape index (κ3) is 4.34. The smallest absolute Gasteiger partial charge is 0.254 e. The summed E-state index contributed by atoms with van der Waals surface area (Å²) in [6.07, 6.45) is 3.16. The summed E-state index contributed by atoms with van der Waals surface area (Å²) >= 11 is 0. The molecule has 0 saturated carbocycles. The van der Waals surface area contributed by atoms with Crippen LogP contribution in [-0.2, 0) is 4.79 Å². The third-order valence-corrected chi connectivity index (χ3v) is 3.75. The second-order valence-corrected chi connectivity index (χ2v) is 5.30. The quantitative estimate of drug-likeness (QED) is 0.878. The highest BCUT2D eigenvalue weighted by atomic mass is 19.1. The Bertz CT molecular complexity index is 709. The van der Waals surface area contributed by atoms with E-state index in [9.17, 15) is 14.0 Å². The molecule has 0 saturated heterocycles. The molecule has 2 amide bonds. The van der Waals surface area contributed by atoms with Crippen LogP contribution in [0.5, 0.6) is 0 Å². The second kappa shape index (κ2) is 8.14. The molecule has 2 rings (SSSR count). The number of aromatic nitrogens is 2. The molecule has 0 spiro atoms. The molecule has 0 radical (unpaired) electrons. The predicted molar refractivity (Wildman–Crippen MR) is 86.6 cm³/mol. The summed E-state index contributed by atoms with van der Waals surface area (Å²) in [5.41, 5.74) is 0.698. The van der Waals surface area contributed by atoms with Crippen LogP contribution in [-0.4, -0.2) is 40.3 Å². The van der Waals surface area contributed by atoms with E-state index in [0.29, 0.717) is 0 Å². The summed E-state index contributed by atoms with van der Waals surface area (Å²) in [5.74, 6) is -1.27. The molecule has 126 valence electrons. The number of nitrogens with one attached hydrogen (secondary N) is 1. The Balaban J connectivity index is 1.85. The normalized spacial score (nSPS) is 11.6. The number of halogens is 1. The molecule has 0 aliphatic heterocycles. The molecule has 1 heterocycles. The first-order valence-corrected chi connectivity index (χ1v) is 7.55. The van der Waals surface area contributed by atoms with E-state index in [1.165, 1.54) is 24.5 Å². The summed E-state index contributed by atoms with van der Waals surface area (Å²) < 4.78 is 13.5. The van der Waals surface area contributed by atoms with Crippen molar-refractivity contribution >= 4 is 11.8 Å². The number of nitrogens with zero attached hydrogens (tertiary/aromatic N) is 3. The molecular formula is C17H19FN4O2. The lowest BCUT2D eigenvalue weighted by Gasteiger charge is -2.24. The van der Waals surface area contributed by atoms with Gasteiger partial charge < -0.3 is 10.2 Å². The van der Waals surface area contributed by atoms with Gasteiger partial charge in [0.2, 0.25) is 5.91 Å². The fourth-order valence-electron chi connectivity index (χ4n) is 2.16. The maximum Gasteiger partial charge on any atom is 0.254 e. The highest BCUT2D eigenvalue weighted by Gasteiger charge is 2.18. The number of carbonyl (C=O) groups is 2. The Morgan fingerprint density at radius 1 is 1.29 bits per heavy atom. The number of benzene rings is 1. The average Bonchev–Trinajstić information content (AvgIpc) is 2.61. The van der Waals surface area contributed by atoms with Gasteiger partial charge >= 0.3 is 0 Å². The fourth-order valence-corrected chi connectivity index (χ4v) is 2.16. The van der Waals surface area contributed by atoms with Crippen molar-refractivity contribution in [2.24, 2.45) is 0 Å². The number of carbonyl (C=O) groups excluding carboxylic acids is 2. The number of amides is 2. The van der Waals surface area contributed by atoms with E-state index < -0.39 is 11.7 Å². The monoisotopic (exact) mass is 330 g/mol. The highest BCUT2D eigenvalue weighted by Crippen LogP contribution is 2.16. The Labute approximate surface area is 139 Å². The van der Waals surface area contributed by atoms with Crippen LogP contribution in [0.4, 0.5) is 4.39 Å². The molecule has 0 aliphatic rings. The largest absolute Gasteiger partial charge is 0.351 e. The lowest BCUT2D eigenvalue weighted by atomic mass is 10.2. The molecule has 7 heteroatoms. The molecule has 0 aliphatic carbocycles. The first kappa shape index (κ1) is 17.5.